The lowest BCUT2D eigenvalue weighted by Crippen LogP contribution is -2.09. The Kier molecular flexibility index (Phi) is 8.65. The Morgan fingerprint density at radius 1 is 1.29 bits per heavy atom. The molecule has 0 fully saturated rings. The lowest BCUT2D eigenvalue weighted by atomic mass is 10.3. The van der Waals surface area contributed by atoms with Crippen LogP contribution in [0.15, 0.2) is 24.3 Å². The van der Waals surface area contributed by atoms with Crippen LogP contribution in [-0.4, -0.2) is 19.3 Å². The van der Waals surface area contributed by atoms with Gasteiger partial charge in [0.05, 0.1) is 19.3 Å². The molecule has 0 bridgehead atoms. The van der Waals surface area contributed by atoms with Crippen LogP contribution in [0.3, 0.4) is 0 Å². The van der Waals surface area contributed by atoms with Crippen molar-refractivity contribution in [2.24, 2.45) is 0 Å². The second kappa shape index (κ2) is 9.15. The van der Waals surface area contributed by atoms with Crippen molar-refractivity contribution in [1.29, 1.82) is 5.26 Å². The Hall–Kier alpha value is -0.920. The molecule has 0 aliphatic carbocycles. The van der Waals surface area contributed by atoms with E-state index in [1.807, 2.05) is 13.0 Å². The van der Waals surface area contributed by atoms with Crippen molar-refractivity contribution in [2.45, 2.75) is 26.9 Å². The van der Waals surface area contributed by atoms with Gasteiger partial charge in [0.1, 0.15) is 0 Å². The van der Waals surface area contributed by atoms with Gasteiger partial charge >= 0.3 is 7.82 Å². The van der Waals surface area contributed by atoms with Crippen molar-refractivity contribution in [2.75, 3.05) is 13.2 Å². The fraction of sp³-hybridized carbons (Fsp3) is 0.545. The molecule has 5 nitrogen and oxygen atoms in total. The molecule has 0 aromatic carbocycles. The molecule has 17 heavy (non-hydrogen) atoms. The minimum Gasteiger partial charge on any atom is -0.287 e. The van der Waals surface area contributed by atoms with Gasteiger partial charge in [0.25, 0.3) is 0 Å². The van der Waals surface area contributed by atoms with Gasteiger partial charge in [0.15, 0.2) is 6.10 Å². The number of hydrogen-bond donors (Lipinski definition) is 0. The van der Waals surface area contributed by atoms with Crippen LogP contribution in [0.2, 0.25) is 0 Å². The minimum atomic E-state index is -3.64. The van der Waals surface area contributed by atoms with Gasteiger partial charge in [-0.1, -0.05) is 18.2 Å². The van der Waals surface area contributed by atoms with Gasteiger partial charge in [-0.2, -0.15) is 5.26 Å². The van der Waals surface area contributed by atoms with Gasteiger partial charge in [-0.3, -0.25) is 13.6 Å². The molecule has 0 aliphatic heterocycles. The summed E-state index contributed by atoms with van der Waals surface area (Å²) in [7, 11) is -3.64. The topological polar surface area (TPSA) is 68.5 Å². The molecule has 1 unspecified atom stereocenters. The number of nitrogens with zero attached hydrogens (tertiary/aromatic N) is 1. The summed E-state index contributed by atoms with van der Waals surface area (Å²) < 4.78 is 26.8. The van der Waals surface area contributed by atoms with E-state index in [0.29, 0.717) is 0 Å². The van der Waals surface area contributed by atoms with E-state index in [1.165, 1.54) is 6.08 Å². The van der Waals surface area contributed by atoms with E-state index >= 15 is 0 Å². The summed E-state index contributed by atoms with van der Waals surface area (Å²) in [5.74, 6) is 0. The summed E-state index contributed by atoms with van der Waals surface area (Å²) in [4.78, 5) is 0. The number of phosphoric acid groups is 1. The van der Waals surface area contributed by atoms with E-state index in [2.05, 4.69) is 0 Å². The van der Waals surface area contributed by atoms with Crippen molar-refractivity contribution in [3.8, 4) is 6.07 Å². The van der Waals surface area contributed by atoms with E-state index in [1.54, 1.807) is 32.1 Å². The Morgan fingerprint density at radius 3 is 2.29 bits per heavy atom. The summed E-state index contributed by atoms with van der Waals surface area (Å²) in [5, 5.41) is 8.84. The largest absolute Gasteiger partial charge is 0.476 e. The molecule has 0 amide bonds. The van der Waals surface area contributed by atoms with Crippen molar-refractivity contribution >= 4 is 7.82 Å². The van der Waals surface area contributed by atoms with Crippen molar-refractivity contribution < 1.29 is 18.1 Å². The van der Waals surface area contributed by atoms with E-state index in [-0.39, 0.29) is 13.2 Å². The predicted molar refractivity (Wildman–Crippen MR) is 65.3 cm³/mol. The lowest BCUT2D eigenvalue weighted by molar-refractivity contribution is 0.116. The van der Waals surface area contributed by atoms with Crippen LogP contribution in [-0.2, 0) is 18.1 Å². The molecule has 0 aromatic heterocycles. The summed E-state index contributed by atoms with van der Waals surface area (Å²) in [6, 6.07) is 1.86. The molecule has 0 aliphatic rings. The number of nitriles is 1. The highest BCUT2D eigenvalue weighted by molar-refractivity contribution is 7.48. The van der Waals surface area contributed by atoms with Crippen LogP contribution < -0.4 is 0 Å². The molecule has 6 heteroatoms. The Morgan fingerprint density at radius 2 is 1.88 bits per heavy atom. The van der Waals surface area contributed by atoms with Crippen molar-refractivity contribution in [1.82, 2.24) is 0 Å². The summed E-state index contributed by atoms with van der Waals surface area (Å²) in [6.07, 6.45) is 5.69. The van der Waals surface area contributed by atoms with Gasteiger partial charge < -0.3 is 0 Å². The number of phosphoric ester groups is 1. The molecule has 0 aromatic rings. The molecule has 0 spiro atoms. The monoisotopic (exact) mass is 259 g/mol. The van der Waals surface area contributed by atoms with Crippen LogP contribution >= 0.6 is 7.82 Å². The number of rotatable bonds is 8. The lowest BCUT2D eigenvalue weighted by Gasteiger charge is -2.17. The molecule has 0 saturated heterocycles. The first-order valence-electron chi connectivity index (χ1n) is 5.38. The predicted octanol–water partition coefficient (Wildman–Crippen LogP) is 3.21. The zero-order valence-corrected chi connectivity index (χ0v) is 11.2. The first-order valence-corrected chi connectivity index (χ1v) is 6.84. The molecule has 1 atom stereocenters. The fourth-order valence-corrected chi connectivity index (χ4v) is 2.16. The molecule has 96 valence electrons. The molecule has 0 radical (unpaired) electrons. The first-order chi connectivity index (χ1) is 8.11. The zero-order valence-electron chi connectivity index (χ0n) is 10.3. The van der Waals surface area contributed by atoms with E-state index in [9.17, 15) is 4.57 Å². The number of hydrogen-bond acceptors (Lipinski definition) is 5. The second-order valence-corrected chi connectivity index (χ2v) is 4.47. The second-order valence-electron chi connectivity index (χ2n) is 2.85. The van der Waals surface area contributed by atoms with Crippen molar-refractivity contribution in [3.63, 3.8) is 0 Å². The highest BCUT2D eigenvalue weighted by Gasteiger charge is 2.28. The third-order valence-electron chi connectivity index (χ3n) is 1.53. The highest BCUT2D eigenvalue weighted by Crippen LogP contribution is 2.50. The van der Waals surface area contributed by atoms with Gasteiger partial charge in [0, 0.05) is 0 Å². The van der Waals surface area contributed by atoms with Crippen LogP contribution in [0, 0.1) is 11.3 Å². The summed E-state index contributed by atoms with van der Waals surface area (Å²) >= 11 is 0. The average Bonchev–Trinajstić information content (AvgIpc) is 2.28. The van der Waals surface area contributed by atoms with Crippen LogP contribution in [0.1, 0.15) is 20.8 Å². The first kappa shape index (κ1) is 16.1. The smallest absolute Gasteiger partial charge is 0.287 e. The Bertz CT molecular complexity index is 336. The normalized spacial score (nSPS) is 14.2. The van der Waals surface area contributed by atoms with Crippen LogP contribution in [0.5, 0.6) is 0 Å². The quantitative estimate of drug-likeness (QED) is 0.494. The SMILES string of the molecule is C/C=C/C=C/C(C#N)OP(=O)(OCC)OCC. The maximum atomic E-state index is 11.9. The van der Waals surface area contributed by atoms with Gasteiger partial charge in [0.2, 0.25) is 0 Å². The molecular formula is C11H18NO4P. The van der Waals surface area contributed by atoms with E-state index < -0.39 is 13.9 Å². The molecule has 0 rings (SSSR count). The Labute approximate surface area is 102 Å². The summed E-state index contributed by atoms with van der Waals surface area (Å²) in [6.45, 7) is 5.57. The molecule has 0 N–H and O–H groups in total. The maximum Gasteiger partial charge on any atom is 0.476 e. The third kappa shape index (κ3) is 7.09. The van der Waals surface area contributed by atoms with Gasteiger partial charge in [-0.05, 0) is 26.8 Å². The number of allylic oxidation sites excluding steroid dienone is 3. The standard InChI is InChI=1S/C11H18NO4P/c1-4-7-8-9-11(10-12)16-17(13,14-5-2)15-6-3/h4,7-9,11H,5-6H2,1-3H3/b7-4+,9-8+. The average molecular weight is 259 g/mol. The van der Waals surface area contributed by atoms with Crippen molar-refractivity contribution in [3.05, 3.63) is 24.3 Å². The molecule has 0 saturated carbocycles. The minimum absolute atomic E-state index is 0.188. The van der Waals surface area contributed by atoms with E-state index in [4.69, 9.17) is 18.8 Å². The van der Waals surface area contributed by atoms with Crippen LogP contribution in [0.25, 0.3) is 0 Å². The third-order valence-corrected chi connectivity index (χ3v) is 3.17. The fourth-order valence-electron chi connectivity index (χ4n) is 0.931. The zero-order chi connectivity index (χ0) is 13.1. The maximum absolute atomic E-state index is 11.9. The summed E-state index contributed by atoms with van der Waals surface area (Å²) in [5.41, 5.74) is 0. The van der Waals surface area contributed by atoms with Gasteiger partial charge in [-0.25, -0.2) is 4.57 Å². The van der Waals surface area contributed by atoms with Crippen LogP contribution in [0.4, 0.5) is 0 Å². The van der Waals surface area contributed by atoms with Gasteiger partial charge in [-0.15, -0.1) is 0 Å². The Balaban J connectivity index is 4.61. The highest BCUT2D eigenvalue weighted by atomic mass is 31.2. The molecule has 0 heterocycles. The van der Waals surface area contributed by atoms with E-state index in [0.717, 1.165) is 0 Å². The molecular weight excluding hydrogens is 241 g/mol.